The summed E-state index contributed by atoms with van der Waals surface area (Å²) in [6.45, 7) is 8.11. The number of hydrogen-bond donors (Lipinski definition) is 0. The van der Waals surface area contributed by atoms with E-state index in [1.54, 1.807) is 0 Å². The number of halogens is 1. The normalized spacial score (nSPS) is 22.2. The maximum Gasteiger partial charge on any atom is 0.209 e. The van der Waals surface area contributed by atoms with Crippen LogP contribution in [0.5, 0.6) is 0 Å². The van der Waals surface area contributed by atoms with E-state index in [9.17, 15) is 0 Å². The smallest absolute Gasteiger partial charge is 0.209 e. The van der Waals surface area contributed by atoms with Crippen LogP contribution < -0.4 is 4.90 Å². The molecule has 1 unspecified atom stereocenters. The summed E-state index contributed by atoms with van der Waals surface area (Å²) in [7, 11) is 2.15. The van der Waals surface area contributed by atoms with Gasteiger partial charge in [0.15, 0.2) is 5.71 Å². The number of nitrogens with zero attached hydrogens (tertiary/aromatic N) is 2. The van der Waals surface area contributed by atoms with Crippen molar-refractivity contribution in [2.24, 2.45) is 0 Å². The predicted octanol–water partition coefficient (Wildman–Crippen LogP) is 5.29. The summed E-state index contributed by atoms with van der Waals surface area (Å²) < 4.78 is 7.75. The zero-order valence-corrected chi connectivity index (χ0v) is 17.7. The zero-order chi connectivity index (χ0) is 19.7. The molecule has 2 aromatic rings. The fourth-order valence-electron chi connectivity index (χ4n) is 4.34. The van der Waals surface area contributed by atoms with Gasteiger partial charge in [0.05, 0.1) is 18.6 Å². The van der Waals surface area contributed by atoms with Crippen molar-refractivity contribution < 1.29 is 9.31 Å². The quantitative estimate of drug-likeness (QED) is 0.654. The van der Waals surface area contributed by atoms with E-state index in [4.69, 9.17) is 16.3 Å². The Balaban J connectivity index is 1.59. The summed E-state index contributed by atoms with van der Waals surface area (Å²) in [4.78, 5) is 2.38. The second-order valence-electron chi connectivity index (χ2n) is 7.82. The van der Waals surface area contributed by atoms with Crippen LogP contribution in [0.4, 0.5) is 11.4 Å². The van der Waals surface area contributed by atoms with Crippen LogP contribution in [0.25, 0.3) is 6.08 Å². The van der Waals surface area contributed by atoms with Crippen molar-refractivity contribution in [1.82, 2.24) is 0 Å². The molecule has 2 aliphatic rings. The first kappa shape index (κ1) is 19.2. The lowest BCUT2D eigenvalue weighted by molar-refractivity contribution is -0.401. The number of allylic oxidation sites excluding steroid dienone is 1. The van der Waals surface area contributed by atoms with Crippen molar-refractivity contribution >= 4 is 34.8 Å². The molecule has 1 saturated heterocycles. The van der Waals surface area contributed by atoms with Gasteiger partial charge in [0.25, 0.3) is 0 Å². The van der Waals surface area contributed by atoms with Crippen LogP contribution in [0, 0.1) is 0 Å². The Hall–Kier alpha value is -2.10. The summed E-state index contributed by atoms with van der Waals surface area (Å²) in [5.74, 6) is 0. The average Bonchev–Trinajstić information content (AvgIpc) is 2.94. The number of benzene rings is 2. The highest BCUT2D eigenvalue weighted by atomic mass is 35.5. The maximum absolute atomic E-state index is 6.30. The highest BCUT2D eigenvalue weighted by Crippen LogP contribution is 2.43. The fourth-order valence-corrected chi connectivity index (χ4v) is 4.51. The molecule has 2 heterocycles. The number of fused-ring (bicyclic) bond motifs is 1. The van der Waals surface area contributed by atoms with E-state index >= 15 is 0 Å². The number of hydrogen-bond acceptors (Lipinski definition) is 2. The molecule has 0 bridgehead atoms. The molecule has 0 N–H and O–H groups in total. The van der Waals surface area contributed by atoms with Gasteiger partial charge in [-0.2, -0.15) is 4.58 Å². The van der Waals surface area contributed by atoms with Crippen LogP contribution in [-0.2, 0) is 10.2 Å². The summed E-state index contributed by atoms with van der Waals surface area (Å²) in [6.07, 6.45) is 5.51. The molecule has 0 aromatic heterocycles. The molecule has 2 aliphatic heterocycles. The molecular formula is C24H28ClN2O+. The Morgan fingerprint density at radius 3 is 2.50 bits per heavy atom. The highest BCUT2D eigenvalue weighted by Gasteiger charge is 2.45. The van der Waals surface area contributed by atoms with Gasteiger partial charge in [-0.25, -0.2) is 0 Å². The second-order valence-corrected chi connectivity index (χ2v) is 8.25. The first-order valence-corrected chi connectivity index (χ1v) is 10.4. The van der Waals surface area contributed by atoms with Crippen molar-refractivity contribution in [3.05, 3.63) is 64.7 Å². The van der Waals surface area contributed by atoms with Gasteiger partial charge in [-0.05, 0) is 49.2 Å². The lowest BCUT2D eigenvalue weighted by atomic mass is 9.77. The van der Waals surface area contributed by atoms with Crippen molar-refractivity contribution in [3.8, 4) is 0 Å². The van der Waals surface area contributed by atoms with Gasteiger partial charge in [-0.3, -0.25) is 0 Å². The minimum absolute atomic E-state index is 0.0285. The van der Waals surface area contributed by atoms with E-state index in [-0.39, 0.29) is 5.41 Å². The van der Waals surface area contributed by atoms with E-state index in [0.29, 0.717) is 0 Å². The lowest BCUT2D eigenvalue weighted by Gasteiger charge is -2.28. The van der Waals surface area contributed by atoms with E-state index < -0.39 is 0 Å². The summed E-state index contributed by atoms with van der Waals surface area (Å²) in [6, 6.07) is 15.0. The molecule has 3 nitrogen and oxygen atoms in total. The van der Waals surface area contributed by atoms with Crippen molar-refractivity contribution in [3.63, 3.8) is 0 Å². The number of morpholine rings is 1. The van der Waals surface area contributed by atoms with Crippen molar-refractivity contribution in [2.45, 2.75) is 25.7 Å². The second kappa shape index (κ2) is 7.73. The molecular weight excluding hydrogens is 368 g/mol. The molecule has 0 amide bonds. The summed E-state index contributed by atoms with van der Waals surface area (Å²) >= 11 is 6.30. The number of ether oxygens (including phenoxy) is 1. The fraction of sp³-hybridized carbons (Fsp3) is 0.375. The molecule has 28 heavy (non-hydrogen) atoms. The molecule has 2 aromatic carbocycles. The lowest BCUT2D eigenvalue weighted by Crippen LogP contribution is -2.36. The third kappa shape index (κ3) is 3.38. The van der Waals surface area contributed by atoms with Gasteiger partial charge in [0, 0.05) is 41.5 Å². The average molecular weight is 396 g/mol. The van der Waals surface area contributed by atoms with E-state index in [1.165, 1.54) is 28.2 Å². The molecule has 0 saturated carbocycles. The first-order valence-electron chi connectivity index (χ1n) is 10.0. The Morgan fingerprint density at radius 2 is 1.82 bits per heavy atom. The first-order chi connectivity index (χ1) is 13.5. The Morgan fingerprint density at radius 1 is 1.11 bits per heavy atom. The molecule has 0 spiro atoms. The summed E-state index contributed by atoms with van der Waals surface area (Å²) in [5, 5.41) is 0.802. The Bertz CT molecular complexity index is 926. The SMILES string of the molecule is CCC1(C)C(/C=C/c2ccc(N3CCOCC3)cc2)=[N+](C)c2ccc(Cl)cc21. The molecule has 0 radical (unpaired) electrons. The Labute approximate surface area is 172 Å². The van der Waals surface area contributed by atoms with Crippen LogP contribution >= 0.6 is 11.6 Å². The monoisotopic (exact) mass is 395 g/mol. The van der Waals surface area contributed by atoms with E-state index in [0.717, 1.165) is 37.7 Å². The maximum atomic E-state index is 6.30. The van der Waals surface area contributed by atoms with Crippen LogP contribution in [0.15, 0.2) is 48.5 Å². The van der Waals surface area contributed by atoms with Crippen LogP contribution in [0.3, 0.4) is 0 Å². The van der Waals surface area contributed by atoms with Crippen molar-refractivity contribution in [1.29, 1.82) is 0 Å². The zero-order valence-electron chi connectivity index (χ0n) is 16.9. The standard InChI is InChI=1S/C24H28ClN2O/c1-4-24(2)21-17-19(25)8-11-22(21)26(3)23(24)12-7-18-5-9-20(10-6-18)27-13-15-28-16-14-27/h5-12,17H,4,13-16H2,1-3H3/q+1. The van der Waals surface area contributed by atoms with Gasteiger partial charge in [0.1, 0.15) is 7.05 Å². The molecule has 1 fully saturated rings. The highest BCUT2D eigenvalue weighted by molar-refractivity contribution is 6.30. The largest absolute Gasteiger partial charge is 0.378 e. The summed E-state index contributed by atoms with van der Waals surface area (Å²) in [5.41, 5.74) is 6.32. The molecule has 1 atom stereocenters. The minimum atomic E-state index is -0.0285. The van der Waals surface area contributed by atoms with E-state index in [1.807, 2.05) is 6.07 Å². The van der Waals surface area contributed by atoms with Crippen LogP contribution in [0.2, 0.25) is 5.02 Å². The topological polar surface area (TPSA) is 15.5 Å². The third-order valence-corrected chi connectivity index (χ3v) is 6.49. The molecule has 146 valence electrons. The van der Waals surface area contributed by atoms with Gasteiger partial charge >= 0.3 is 0 Å². The molecule has 4 heteroatoms. The third-order valence-electron chi connectivity index (χ3n) is 6.25. The van der Waals surface area contributed by atoms with Gasteiger partial charge in [-0.1, -0.05) is 30.7 Å². The molecule has 0 aliphatic carbocycles. The van der Waals surface area contributed by atoms with Gasteiger partial charge in [-0.15, -0.1) is 0 Å². The minimum Gasteiger partial charge on any atom is -0.378 e. The molecule has 4 rings (SSSR count). The number of rotatable bonds is 4. The van der Waals surface area contributed by atoms with Crippen LogP contribution in [-0.4, -0.2) is 43.6 Å². The Kier molecular flexibility index (Phi) is 5.31. The number of anilines is 1. The van der Waals surface area contributed by atoms with Crippen LogP contribution in [0.1, 0.15) is 31.4 Å². The van der Waals surface area contributed by atoms with Crippen molar-refractivity contribution in [2.75, 3.05) is 38.3 Å². The van der Waals surface area contributed by atoms with E-state index in [2.05, 4.69) is 78.9 Å². The predicted molar refractivity (Wildman–Crippen MR) is 118 cm³/mol. The van der Waals surface area contributed by atoms with Gasteiger partial charge < -0.3 is 9.64 Å². The van der Waals surface area contributed by atoms with Gasteiger partial charge in [0.2, 0.25) is 5.69 Å².